The van der Waals surface area contributed by atoms with E-state index >= 15 is 0 Å². The van der Waals surface area contributed by atoms with E-state index in [1.165, 1.54) is 28.4 Å². The number of rotatable bonds is 10. The topological polar surface area (TPSA) is 86.8 Å². The predicted molar refractivity (Wildman–Crippen MR) is 140 cm³/mol. The van der Waals surface area contributed by atoms with E-state index in [9.17, 15) is 18.0 Å². The molecular weight excluding hydrogens is 509 g/mol. The smallest absolute Gasteiger partial charge is 0.242 e. The Bertz CT molecular complexity index is 1140. The molecule has 0 aromatic heterocycles. The molecule has 0 fully saturated rings. The zero-order valence-corrected chi connectivity index (χ0v) is 23.0. The second-order valence-electron chi connectivity index (χ2n) is 9.43. The van der Waals surface area contributed by atoms with Crippen molar-refractivity contribution in [3.63, 3.8) is 0 Å². The Morgan fingerprint density at radius 1 is 1.03 bits per heavy atom. The lowest BCUT2D eigenvalue weighted by atomic mass is 10.1. The third kappa shape index (κ3) is 8.49. The molecule has 0 heterocycles. The average molecular weight is 543 g/mol. The average Bonchev–Trinajstić information content (AvgIpc) is 2.78. The molecule has 0 bridgehead atoms. The van der Waals surface area contributed by atoms with E-state index in [1.807, 2.05) is 20.8 Å². The second kappa shape index (κ2) is 12.2. The summed E-state index contributed by atoms with van der Waals surface area (Å²) in [5.74, 6) is -0.548. The van der Waals surface area contributed by atoms with E-state index in [4.69, 9.17) is 23.2 Å². The van der Waals surface area contributed by atoms with Gasteiger partial charge >= 0.3 is 0 Å². The Labute approximate surface area is 218 Å². The van der Waals surface area contributed by atoms with Gasteiger partial charge in [0.05, 0.1) is 14.9 Å². The predicted octanol–water partition coefficient (Wildman–Crippen LogP) is 4.73. The Morgan fingerprint density at radius 3 is 2.23 bits per heavy atom. The summed E-state index contributed by atoms with van der Waals surface area (Å²) in [5.41, 5.74) is 0.268. The molecule has 0 aliphatic rings. The molecule has 2 aromatic rings. The molecule has 0 radical (unpaired) electrons. The number of sulfonamides is 1. The summed E-state index contributed by atoms with van der Waals surface area (Å²) < 4.78 is 26.7. The number of hydrogen-bond acceptors (Lipinski definition) is 4. The number of nitrogens with one attached hydrogen (secondary N) is 1. The minimum atomic E-state index is -3.65. The maximum atomic E-state index is 13.2. The van der Waals surface area contributed by atoms with Gasteiger partial charge in [0.1, 0.15) is 6.04 Å². The number of carbonyl (C=O) groups excluding carboxylic acids is 2. The summed E-state index contributed by atoms with van der Waals surface area (Å²) in [6, 6.07) is 12.5. The molecule has 0 aliphatic heterocycles. The maximum absolute atomic E-state index is 13.2. The molecule has 0 spiro atoms. The van der Waals surface area contributed by atoms with Gasteiger partial charge in [0.2, 0.25) is 21.8 Å². The number of nitrogens with zero attached hydrogens (tertiary/aromatic N) is 2. The zero-order chi connectivity index (χ0) is 26.4. The van der Waals surface area contributed by atoms with Crippen LogP contribution in [0.25, 0.3) is 0 Å². The largest absolute Gasteiger partial charge is 0.350 e. The van der Waals surface area contributed by atoms with Crippen LogP contribution in [0.5, 0.6) is 0 Å². The second-order valence-corrected chi connectivity index (χ2v) is 12.3. The van der Waals surface area contributed by atoms with Crippen LogP contribution in [0, 0.1) is 0 Å². The molecule has 2 aromatic carbocycles. The van der Waals surface area contributed by atoms with Gasteiger partial charge in [-0.3, -0.25) is 9.59 Å². The van der Waals surface area contributed by atoms with Crippen LogP contribution in [0.2, 0.25) is 10.0 Å². The van der Waals surface area contributed by atoms with Crippen molar-refractivity contribution in [2.75, 3.05) is 13.6 Å². The molecule has 1 atom stereocenters. The summed E-state index contributed by atoms with van der Waals surface area (Å²) in [6.07, 6.45) is 0.371. The lowest BCUT2D eigenvalue weighted by Gasteiger charge is -2.31. The number of amides is 2. The molecule has 2 rings (SSSR count). The molecular formula is C25H33Cl2N3O4S. The summed E-state index contributed by atoms with van der Waals surface area (Å²) in [5, 5.41) is 3.66. The highest BCUT2D eigenvalue weighted by Gasteiger charge is 2.29. The molecule has 10 heteroatoms. The van der Waals surface area contributed by atoms with E-state index in [0.29, 0.717) is 16.5 Å². The van der Waals surface area contributed by atoms with Crippen LogP contribution >= 0.6 is 23.2 Å². The van der Waals surface area contributed by atoms with Crippen LogP contribution < -0.4 is 5.32 Å². The summed E-state index contributed by atoms with van der Waals surface area (Å²) in [6.45, 7) is 7.59. The van der Waals surface area contributed by atoms with Crippen LogP contribution in [-0.2, 0) is 26.2 Å². The molecule has 7 nitrogen and oxygen atoms in total. The monoisotopic (exact) mass is 541 g/mol. The van der Waals surface area contributed by atoms with E-state index in [2.05, 4.69) is 5.32 Å². The SMILES string of the molecule is C[C@@H](C(=O)NC(C)(C)C)N(Cc1ccc(Cl)c(Cl)c1)C(=O)CCCN(C)S(=O)(=O)c1ccccc1. The van der Waals surface area contributed by atoms with Crippen LogP contribution in [0.15, 0.2) is 53.4 Å². The van der Waals surface area contributed by atoms with Crippen LogP contribution in [0.4, 0.5) is 0 Å². The summed E-state index contributed by atoms with van der Waals surface area (Å²) >= 11 is 12.2. The van der Waals surface area contributed by atoms with Gasteiger partial charge in [0.25, 0.3) is 0 Å². The quantitative estimate of drug-likeness (QED) is 0.471. The normalized spacial score (nSPS) is 12.9. The molecule has 192 valence electrons. The standard InChI is InChI=1S/C25H33Cl2N3O4S/c1-18(24(32)28-25(2,3)4)30(17-19-13-14-21(26)22(27)16-19)23(31)12-9-15-29(5)35(33,34)20-10-7-6-8-11-20/h6-8,10-11,13-14,16,18H,9,12,15,17H2,1-5H3,(H,28,32)/t18-/m0/s1. The van der Waals surface area contributed by atoms with Gasteiger partial charge in [-0.2, -0.15) is 0 Å². The van der Waals surface area contributed by atoms with E-state index < -0.39 is 21.6 Å². The first-order valence-corrected chi connectivity index (χ1v) is 13.5. The van der Waals surface area contributed by atoms with E-state index in [-0.39, 0.29) is 36.2 Å². The Hall–Kier alpha value is -2.13. The van der Waals surface area contributed by atoms with Gasteiger partial charge in [0.15, 0.2) is 0 Å². The van der Waals surface area contributed by atoms with Crippen molar-refractivity contribution in [2.45, 2.75) is 63.6 Å². The Morgan fingerprint density at radius 2 is 1.66 bits per heavy atom. The minimum Gasteiger partial charge on any atom is -0.350 e. The number of carbonyl (C=O) groups is 2. The number of benzene rings is 2. The van der Waals surface area contributed by atoms with Crippen molar-refractivity contribution < 1.29 is 18.0 Å². The van der Waals surface area contributed by atoms with Crippen LogP contribution in [-0.4, -0.2) is 54.6 Å². The van der Waals surface area contributed by atoms with Crippen molar-refractivity contribution in [1.82, 2.24) is 14.5 Å². The van der Waals surface area contributed by atoms with Gasteiger partial charge in [-0.1, -0.05) is 47.5 Å². The third-order valence-corrected chi connectivity index (χ3v) is 7.93. The highest BCUT2D eigenvalue weighted by molar-refractivity contribution is 7.89. The van der Waals surface area contributed by atoms with Crippen molar-refractivity contribution in [2.24, 2.45) is 0 Å². The van der Waals surface area contributed by atoms with Crippen molar-refractivity contribution >= 4 is 45.0 Å². The highest BCUT2D eigenvalue weighted by atomic mass is 35.5. The lowest BCUT2D eigenvalue weighted by molar-refractivity contribution is -0.141. The highest BCUT2D eigenvalue weighted by Crippen LogP contribution is 2.24. The Balaban J connectivity index is 2.13. The third-order valence-electron chi connectivity index (χ3n) is 5.32. The summed E-state index contributed by atoms with van der Waals surface area (Å²) in [4.78, 5) is 27.8. The van der Waals surface area contributed by atoms with Gasteiger partial charge in [0, 0.05) is 32.1 Å². The molecule has 35 heavy (non-hydrogen) atoms. The molecule has 0 saturated heterocycles. The maximum Gasteiger partial charge on any atom is 0.242 e. The molecule has 0 unspecified atom stereocenters. The fourth-order valence-corrected chi connectivity index (χ4v) is 4.93. The van der Waals surface area contributed by atoms with Crippen molar-refractivity contribution in [1.29, 1.82) is 0 Å². The summed E-state index contributed by atoms with van der Waals surface area (Å²) in [7, 11) is -2.16. The lowest BCUT2D eigenvalue weighted by Crippen LogP contribution is -2.52. The van der Waals surface area contributed by atoms with Gasteiger partial charge < -0.3 is 10.2 Å². The first-order valence-electron chi connectivity index (χ1n) is 11.3. The van der Waals surface area contributed by atoms with Crippen molar-refractivity contribution in [3.05, 3.63) is 64.1 Å². The van der Waals surface area contributed by atoms with Crippen LogP contribution in [0.1, 0.15) is 46.1 Å². The first-order chi connectivity index (χ1) is 16.2. The van der Waals surface area contributed by atoms with Gasteiger partial charge in [-0.25, -0.2) is 12.7 Å². The molecule has 0 saturated carbocycles. The van der Waals surface area contributed by atoms with E-state index in [0.717, 1.165) is 5.56 Å². The molecule has 2 amide bonds. The minimum absolute atomic E-state index is 0.0725. The fraction of sp³-hybridized carbons (Fsp3) is 0.440. The van der Waals surface area contributed by atoms with Crippen molar-refractivity contribution in [3.8, 4) is 0 Å². The van der Waals surface area contributed by atoms with E-state index in [1.54, 1.807) is 43.3 Å². The first kappa shape index (κ1) is 29.1. The van der Waals surface area contributed by atoms with Gasteiger partial charge in [-0.05, 0) is 63.9 Å². The molecule has 0 aliphatic carbocycles. The Kier molecular flexibility index (Phi) is 10.2. The number of hydrogen-bond donors (Lipinski definition) is 1. The fourth-order valence-electron chi connectivity index (χ4n) is 3.38. The van der Waals surface area contributed by atoms with Gasteiger partial charge in [-0.15, -0.1) is 0 Å². The zero-order valence-electron chi connectivity index (χ0n) is 20.7. The van der Waals surface area contributed by atoms with Crippen LogP contribution in [0.3, 0.4) is 0 Å². The molecule has 1 N–H and O–H groups in total. The number of halogens is 2.